The second-order valence-corrected chi connectivity index (χ2v) is 12.6. The van der Waals surface area contributed by atoms with Crippen molar-refractivity contribution in [3.05, 3.63) is 131 Å². The second kappa shape index (κ2) is 14.8. The van der Waals surface area contributed by atoms with Gasteiger partial charge in [0.25, 0.3) is 10.0 Å². The van der Waals surface area contributed by atoms with Gasteiger partial charge >= 0.3 is 0 Å². The molecule has 2 amide bonds. The maximum absolute atomic E-state index is 14.4. The van der Waals surface area contributed by atoms with E-state index in [0.717, 1.165) is 9.87 Å². The van der Waals surface area contributed by atoms with E-state index in [2.05, 4.69) is 5.32 Å². The van der Waals surface area contributed by atoms with Crippen molar-refractivity contribution in [3.63, 3.8) is 0 Å². The molecule has 4 aromatic carbocycles. The van der Waals surface area contributed by atoms with Crippen LogP contribution in [0, 0.1) is 0 Å². The molecule has 1 N–H and O–H groups in total. The highest BCUT2D eigenvalue weighted by atomic mass is 35.5. The van der Waals surface area contributed by atoms with Gasteiger partial charge in [0.2, 0.25) is 11.8 Å². The summed E-state index contributed by atoms with van der Waals surface area (Å²) in [6, 6.07) is 32.0. The largest absolute Gasteiger partial charge is 0.352 e. The Labute approximate surface area is 259 Å². The van der Waals surface area contributed by atoms with Crippen LogP contribution in [0.2, 0.25) is 5.02 Å². The predicted octanol–water partition coefficient (Wildman–Crippen LogP) is 6.09. The molecule has 0 aliphatic rings. The predicted molar refractivity (Wildman–Crippen MR) is 171 cm³/mol. The molecule has 0 aliphatic heterocycles. The molecular formula is C34H36ClN3O4S. The van der Waals surface area contributed by atoms with E-state index >= 15 is 0 Å². The number of rotatable bonds is 13. The number of amides is 2. The van der Waals surface area contributed by atoms with E-state index < -0.39 is 28.5 Å². The van der Waals surface area contributed by atoms with Crippen molar-refractivity contribution in [2.24, 2.45) is 0 Å². The highest BCUT2D eigenvalue weighted by Gasteiger charge is 2.34. The van der Waals surface area contributed by atoms with Gasteiger partial charge in [-0.3, -0.25) is 13.9 Å². The Balaban J connectivity index is 1.79. The smallest absolute Gasteiger partial charge is 0.264 e. The lowest BCUT2D eigenvalue weighted by atomic mass is 10.0. The number of para-hydroxylation sites is 1. The molecule has 7 nitrogen and oxygen atoms in total. The number of benzene rings is 4. The standard InChI is InChI=1S/C34H36ClN3O4S/c1-3-26(2)36-34(40)32(23-27-14-7-4-8-15-27)37(24-28-16-13-17-29(35)22-28)33(39)25-38(30-18-9-5-10-19-30)43(41,42)31-20-11-6-12-21-31/h4-22,26,32H,3,23-25H2,1-2H3,(H,36,40)/t26-,32+/m0/s1. The van der Waals surface area contributed by atoms with Crippen LogP contribution in [0.3, 0.4) is 0 Å². The summed E-state index contributed by atoms with van der Waals surface area (Å²) in [5.74, 6) is -0.839. The number of nitrogens with one attached hydrogen (secondary N) is 1. The van der Waals surface area contributed by atoms with Crippen LogP contribution >= 0.6 is 11.6 Å². The summed E-state index contributed by atoms with van der Waals surface area (Å²) in [4.78, 5) is 29.7. The number of carbonyl (C=O) groups excluding carboxylic acids is 2. The van der Waals surface area contributed by atoms with E-state index in [1.165, 1.54) is 17.0 Å². The molecule has 0 unspecified atom stereocenters. The number of hydrogen-bond acceptors (Lipinski definition) is 4. The number of carbonyl (C=O) groups is 2. The molecule has 4 aromatic rings. The van der Waals surface area contributed by atoms with Crippen LogP contribution < -0.4 is 9.62 Å². The van der Waals surface area contributed by atoms with Gasteiger partial charge < -0.3 is 10.2 Å². The summed E-state index contributed by atoms with van der Waals surface area (Å²) in [5, 5.41) is 3.52. The summed E-state index contributed by atoms with van der Waals surface area (Å²) in [6.07, 6.45) is 0.954. The van der Waals surface area contributed by atoms with Crippen LogP contribution in [0.15, 0.2) is 120 Å². The molecule has 0 spiro atoms. The van der Waals surface area contributed by atoms with Gasteiger partial charge in [0, 0.05) is 24.0 Å². The lowest BCUT2D eigenvalue weighted by molar-refractivity contribution is -0.140. The Hall–Kier alpha value is -4.14. The number of anilines is 1. The summed E-state index contributed by atoms with van der Waals surface area (Å²) >= 11 is 6.29. The molecule has 4 rings (SSSR count). The van der Waals surface area contributed by atoms with Crippen molar-refractivity contribution >= 4 is 39.1 Å². The molecule has 224 valence electrons. The molecule has 0 heterocycles. The van der Waals surface area contributed by atoms with Gasteiger partial charge in [-0.2, -0.15) is 0 Å². The van der Waals surface area contributed by atoms with Crippen LogP contribution in [-0.2, 0) is 32.6 Å². The van der Waals surface area contributed by atoms with Crippen LogP contribution in [0.25, 0.3) is 0 Å². The summed E-state index contributed by atoms with van der Waals surface area (Å²) in [6.45, 7) is 3.42. The minimum absolute atomic E-state index is 0.0544. The van der Waals surface area contributed by atoms with Crippen molar-refractivity contribution in [2.45, 2.75) is 50.2 Å². The van der Waals surface area contributed by atoms with Gasteiger partial charge in [-0.25, -0.2) is 8.42 Å². The third-order valence-corrected chi connectivity index (χ3v) is 9.19. The SMILES string of the molecule is CC[C@H](C)NC(=O)[C@@H](Cc1ccccc1)N(Cc1cccc(Cl)c1)C(=O)CN(c1ccccc1)S(=O)(=O)c1ccccc1. The van der Waals surface area contributed by atoms with Crippen LogP contribution in [0.1, 0.15) is 31.4 Å². The van der Waals surface area contributed by atoms with E-state index in [-0.39, 0.29) is 29.8 Å². The van der Waals surface area contributed by atoms with Crippen LogP contribution in [0.4, 0.5) is 5.69 Å². The van der Waals surface area contributed by atoms with Gasteiger partial charge in [0.05, 0.1) is 10.6 Å². The molecule has 2 atom stereocenters. The minimum atomic E-state index is -4.13. The monoisotopic (exact) mass is 617 g/mol. The lowest BCUT2D eigenvalue weighted by Crippen LogP contribution is -2.54. The Morgan fingerprint density at radius 1 is 0.814 bits per heavy atom. The summed E-state index contributed by atoms with van der Waals surface area (Å²) in [5.41, 5.74) is 1.92. The fourth-order valence-electron chi connectivity index (χ4n) is 4.67. The zero-order valence-electron chi connectivity index (χ0n) is 24.3. The average molecular weight is 618 g/mol. The maximum atomic E-state index is 14.4. The van der Waals surface area contributed by atoms with Crippen molar-refractivity contribution in [1.29, 1.82) is 0 Å². The first-order valence-electron chi connectivity index (χ1n) is 14.2. The first-order valence-corrected chi connectivity index (χ1v) is 16.0. The molecule has 0 aromatic heterocycles. The highest BCUT2D eigenvalue weighted by Crippen LogP contribution is 2.25. The Bertz CT molecular complexity index is 1600. The lowest BCUT2D eigenvalue weighted by Gasteiger charge is -2.34. The van der Waals surface area contributed by atoms with Gasteiger partial charge in [0.1, 0.15) is 12.6 Å². The van der Waals surface area contributed by atoms with Crippen molar-refractivity contribution in [1.82, 2.24) is 10.2 Å². The van der Waals surface area contributed by atoms with Crippen molar-refractivity contribution in [3.8, 4) is 0 Å². The van der Waals surface area contributed by atoms with Crippen LogP contribution in [-0.4, -0.2) is 43.8 Å². The van der Waals surface area contributed by atoms with Gasteiger partial charge in [-0.05, 0) is 60.9 Å². The first kappa shape index (κ1) is 31.8. The number of nitrogens with zero attached hydrogens (tertiary/aromatic N) is 2. The van der Waals surface area contributed by atoms with Crippen molar-refractivity contribution in [2.75, 3.05) is 10.8 Å². The second-order valence-electron chi connectivity index (χ2n) is 10.3. The summed E-state index contributed by atoms with van der Waals surface area (Å²) < 4.78 is 29.0. The number of sulfonamides is 1. The zero-order valence-corrected chi connectivity index (χ0v) is 25.8. The minimum Gasteiger partial charge on any atom is -0.352 e. The molecule has 0 fully saturated rings. The molecule has 0 bridgehead atoms. The number of halogens is 1. The number of hydrogen-bond donors (Lipinski definition) is 1. The van der Waals surface area contributed by atoms with Gasteiger partial charge in [0.15, 0.2) is 0 Å². The third kappa shape index (κ3) is 8.46. The van der Waals surface area contributed by atoms with Gasteiger partial charge in [-0.1, -0.05) is 97.4 Å². The molecule has 9 heteroatoms. The molecule has 0 radical (unpaired) electrons. The van der Waals surface area contributed by atoms with Gasteiger partial charge in [-0.15, -0.1) is 0 Å². The fourth-order valence-corrected chi connectivity index (χ4v) is 6.32. The normalized spacial score (nSPS) is 12.6. The van der Waals surface area contributed by atoms with E-state index in [1.54, 1.807) is 66.7 Å². The molecule has 0 aliphatic carbocycles. The Morgan fingerprint density at radius 3 is 2.00 bits per heavy atom. The highest BCUT2D eigenvalue weighted by molar-refractivity contribution is 7.92. The zero-order chi connectivity index (χ0) is 30.8. The van der Waals surface area contributed by atoms with E-state index in [9.17, 15) is 18.0 Å². The third-order valence-electron chi connectivity index (χ3n) is 7.17. The van der Waals surface area contributed by atoms with Crippen LogP contribution in [0.5, 0.6) is 0 Å². The molecule has 43 heavy (non-hydrogen) atoms. The average Bonchev–Trinajstić information content (AvgIpc) is 3.02. The molecule has 0 saturated carbocycles. The fraction of sp³-hybridized carbons (Fsp3) is 0.235. The first-order chi connectivity index (χ1) is 20.7. The topological polar surface area (TPSA) is 86.8 Å². The quantitative estimate of drug-likeness (QED) is 0.197. The van der Waals surface area contributed by atoms with E-state index in [1.807, 2.05) is 50.2 Å². The molecular weight excluding hydrogens is 582 g/mol. The summed E-state index contributed by atoms with van der Waals surface area (Å²) in [7, 11) is -4.13. The molecule has 0 saturated heterocycles. The Morgan fingerprint density at radius 2 is 1.40 bits per heavy atom. The Kier molecular flexibility index (Phi) is 11.0. The van der Waals surface area contributed by atoms with E-state index in [0.29, 0.717) is 22.7 Å². The maximum Gasteiger partial charge on any atom is 0.264 e. The van der Waals surface area contributed by atoms with Crippen molar-refractivity contribution < 1.29 is 18.0 Å². The van der Waals surface area contributed by atoms with E-state index in [4.69, 9.17) is 11.6 Å².